The molecule has 18 heavy (non-hydrogen) atoms. The van der Waals surface area contributed by atoms with Gasteiger partial charge >= 0.3 is 0 Å². The molecule has 0 aromatic heterocycles. The summed E-state index contributed by atoms with van der Waals surface area (Å²) in [4.78, 5) is 2.52. The molecule has 1 heterocycles. The normalized spacial score (nSPS) is 25.6. The van der Waals surface area contributed by atoms with Gasteiger partial charge in [-0.05, 0) is 45.1 Å². The van der Waals surface area contributed by atoms with Crippen LogP contribution in [-0.4, -0.2) is 30.1 Å². The number of benzene rings is 1. The minimum Gasteiger partial charge on any atom is -0.327 e. The van der Waals surface area contributed by atoms with Gasteiger partial charge in [-0.3, -0.25) is 4.90 Å². The molecule has 1 fully saturated rings. The highest BCUT2D eigenvalue weighted by atomic mass is 15.2. The van der Waals surface area contributed by atoms with E-state index in [4.69, 9.17) is 5.73 Å². The smallest absolute Gasteiger partial charge is 0.0171 e. The van der Waals surface area contributed by atoms with Crippen LogP contribution in [0.1, 0.15) is 31.4 Å². The lowest BCUT2D eigenvalue weighted by Crippen LogP contribution is -2.50. The van der Waals surface area contributed by atoms with Gasteiger partial charge in [0.15, 0.2) is 0 Å². The Balaban J connectivity index is 1.98. The van der Waals surface area contributed by atoms with E-state index < -0.39 is 0 Å². The first-order valence-electron chi connectivity index (χ1n) is 7.09. The highest BCUT2D eigenvalue weighted by Gasteiger charge is 2.26. The topological polar surface area (TPSA) is 29.3 Å². The van der Waals surface area contributed by atoms with Crippen molar-refractivity contribution in [2.75, 3.05) is 13.1 Å². The standard InChI is InChI=1S/C16H26N2/c1-12(2)18-10-15(9-16(17)11-18)8-14-6-4-13(3)5-7-14/h4-7,12,15-16H,8-11,17H2,1-3H3. The predicted octanol–water partition coefficient (Wildman–Crippen LogP) is 2.60. The van der Waals surface area contributed by atoms with E-state index in [0.29, 0.717) is 18.0 Å². The maximum absolute atomic E-state index is 6.19. The number of nitrogens with two attached hydrogens (primary N) is 1. The van der Waals surface area contributed by atoms with E-state index in [2.05, 4.69) is 49.9 Å². The first-order valence-corrected chi connectivity index (χ1v) is 7.09. The Morgan fingerprint density at radius 1 is 1.22 bits per heavy atom. The summed E-state index contributed by atoms with van der Waals surface area (Å²) in [5, 5.41) is 0. The van der Waals surface area contributed by atoms with Gasteiger partial charge in [0, 0.05) is 25.2 Å². The molecule has 2 unspecified atom stereocenters. The highest BCUT2D eigenvalue weighted by Crippen LogP contribution is 2.22. The van der Waals surface area contributed by atoms with E-state index in [9.17, 15) is 0 Å². The fourth-order valence-corrected chi connectivity index (χ4v) is 2.91. The van der Waals surface area contributed by atoms with Gasteiger partial charge in [-0.2, -0.15) is 0 Å². The fourth-order valence-electron chi connectivity index (χ4n) is 2.91. The summed E-state index contributed by atoms with van der Waals surface area (Å²) in [6.45, 7) is 8.92. The minimum atomic E-state index is 0.344. The summed E-state index contributed by atoms with van der Waals surface area (Å²) in [7, 11) is 0. The largest absolute Gasteiger partial charge is 0.327 e. The molecule has 100 valence electrons. The molecule has 1 aliphatic heterocycles. The van der Waals surface area contributed by atoms with Gasteiger partial charge in [0.2, 0.25) is 0 Å². The fraction of sp³-hybridized carbons (Fsp3) is 0.625. The summed E-state index contributed by atoms with van der Waals surface area (Å²) in [6.07, 6.45) is 2.33. The molecule has 0 spiro atoms. The van der Waals surface area contributed by atoms with Crippen LogP contribution in [0.15, 0.2) is 24.3 Å². The highest BCUT2D eigenvalue weighted by molar-refractivity contribution is 5.21. The van der Waals surface area contributed by atoms with E-state index in [1.54, 1.807) is 0 Å². The Hall–Kier alpha value is -0.860. The van der Waals surface area contributed by atoms with E-state index in [-0.39, 0.29) is 0 Å². The summed E-state index contributed by atoms with van der Waals surface area (Å²) < 4.78 is 0. The molecule has 2 heteroatoms. The van der Waals surface area contributed by atoms with Crippen molar-refractivity contribution in [3.63, 3.8) is 0 Å². The van der Waals surface area contributed by atoms with Crippen LogP contribution >= 0.6 is 0 Å². The van der Waals surface area contributed by atoms with Crippen LogP contribution in [0.3, 0.4) is 0 Å². The van der Waals surface area contributed by atoms with Crippen molar-refractivity contribution in [2.24, 2.45) is 11.7 Å². The van der Waals surface area contributed by atoms with Gasteiger partial charge in [0.05, 0.1) is 0 Å². The Kier molecular flexibility index (Phi) is 4.41. The molecule has 1 aromatic rings. The van der Waals surface area contributed by atoms with E-state index in [1.807, 2.05) is 0 Å². The second kappa shape index (κ2) is 5.85. The van der Waals surface area contributed by atoms with Gasteiger partial charge in [-0.1, -0.05) is 29.8 Å². The van der Waals surface area contributed by atoms with E-state index in [0.717, 1.165) is 19.4 Å². The Bertz CT molecular complexity index is 369. The van der Waals surface area contributed by atoms with Gasteiger partial charge in [0.25, 0.3) is 0 Å². The molecule has 1 aromatic carbocycles. The van der Waals surface area contributed by atoms with Crippen molar-refractivity contribution in [2.45, 2.75) is 45.7 Å². The van der Waals surface area contributed by atoms with Crippen LogP contribution in [0, 0.1) is 12.8 Å². The molecular weight excluding hydrogens is 220 g/mol. The summed E-state index contributed by atoms with van der Waals surface area (Å²) in [5.74, 6) is 0.707. The maximum atomic E-state index is 6.19. The maximum Gasteiger partial charge on any atom is 0.0171 e. The molecule has 2 atom stereocenters. The molecule has 2 nitrogen and oxygen atoms in total. The Labute approximate surface area is 111 Å². The molecule has 1 saturated heterocycles. The quantitative estimate of drug-likeness (QED) is 0.888. The third-order valence-electron chi connectivity index (χ3n) is 3.97. The molecule has 0 bridgehead atoms. The Morgan fingerprint density at radius 2 is 1.89 bits per heavy atom. The number of piperidine rings is 1. The number of likely N-dealkylation sites (tertiary alicyclic amines) is 1. The van der Waals surface area contributed by atoms with Crippen molar-refractivity contribution >= 4 is 0 Å². The van der Waals surface area contributed by atoms with Gasteiger partial charge < -0.3 is 5.73 Å². The zero-order valence-corrected chi connectivity index (χ0v) is 11.9. The molecule has 0 aliphatic carbocycles. The second-order valence-corrected chi connectivity index (χ2v) is 6.10. The molecular formula is C16H26N2. The van der Waals surface area contributed by atoms with Crippen molar-refractivity contribution in [3.05, 3.63) is 35.4 Å². The lowest BCUT2D eigenvalue weighted by atomic mass is 9.88. The zero-order valence-electron chi connectivity index (χ0n) is 11.9. The first kappa shape index (κ1) is 13.6. The van der Waals surface area contributed by atoms with Crippen LogP contribution in [0.5, 0.6) is 0 Å². The molecule has 2 N–H and O–H groups in total. The molecule has 0 saturated carbocycles. The summed E-state index contributed by atoms with van der Waals surface area (Å²) >= 11 is 0. The van der Waals surface area contributed by atoms with Gasteiger partial charge in [-0.15, -0.1) is 0 Å². The third kappa shape index (κ3) is 3.56. The second-order valence-electron chi connectivity index (χ2n) is 6.10. The van der Waals surface area contributed by atoms with Crippen LogP contribution < -0.4 is 5.73 Å². The van der Waals surface area contributed by atoms with Crippen molar-refractivity contribution in [1.82, 2.24) is 4.90 Å². The van der Waals surface area contributed by atoms with E-state index in [1.165, 1.54) is 17.7 Å². The summed E-state index contributed by atoms with van der Waals surface area (Å²) in [5.41, 5.74) is 8.97. The molecule has 2 rings (SSSR count). The number of aryl methyl sites for hydroxylation is 1. The average molecular weight is 246 g/mol. The number of hydrogen-bond donors (Lipinski definition) is 1. The molecule has 0 amide bonds. The number of rotatable bonds is 3. The van der Waals surface area contributed by atoms with Gasteiger partial charge in [-0.25, -0.2) is 0 Å². The van der Waals surface area contributed by atoms with Crippen LogP contribution in [0.2, 0.25) is 0 Å². The van der Waals surface area contributed by atoms with Crippen molar-refractivity contribution < 1.29 is 0 Å². The Morgan fingerprint density at radius 3 is 2.50 bits per heavy atom. The van der Waals surface area contributed by atoms with Crippen LogP contribution in [0.25, 0.3) is 0 Å². The van der Waals surface area contributed by atoms with Crippen molar-refractivity contribution in [1.29, 1.82) is 0 Å². The molecule has 1 aliphatic rings. The third-order valence-corrected chi connectivity index (χ3v) is 3.97. The van der Waals surface area contributed by atoms with Gasteiger partial charge in [0.1, 0.15) is 0 Å². The lowest BCUT2D eigenvalue weighted by Gasteiger charge is -2.38. The molecule has 0 radical (unpaired) electrons. The SMILES string of the molecule is Cc1ccc(CC2CC(N)CN(C(C)C)C2)cc1. The predicted molar refractivity (Wildman–Crippen MR) is 77.7 cm³/mol. The lowest BCUT2D eigenvalue weighted by molar-refractivity contribution is 0.124. The first-order chi connectivity index (χ1) is 8.54. The minimum absolute atomic E-state index is 0.344. The number of hydrogen-bond acceptors (Lipinski definition) is 2. The average Bonchev–Trinajstić information content (AvgIpc) is 2.31. The van der Waals surface area contributed by atoms with Crippen LogP contribution in [-0.2, 0) is 6.42 Å². The van der Waals surface area contributed by atoms with Crippen LogP contribution in [0.4, 0.5) is 0 Å². The summed E-state index contributed by atoms with van der Waals surface area (Å²) in [6, 6.07) is 9.88. The van der Waals surface area contributed by atoms with E-state index >= 15 is 0 Å². The monoisotopic (exact) mass is 246 g/mol. The van der Waals surface area contributed by atoms with Crippen molar-refractivity contribution in [3.8, 4) is 0 Å². The zero-order chi connectivity index (χ0) is 13.1. The number of nitrogens with zero attached hydrogens (tertiary/aromatic N) is 1.